The molecule has 0 radical (unpaired) electrons. The van der Waals surface area contributed by atoms with Crippen LogP contribution in [-0.2, 0) is 4.79 Å². The molecule has 0 spiro atoms. The molecule has 2 aliphatic rings. The molecule has 2 bridgehead atoms. The Bertz CT molecular complexity index is 483. The van der Waals surface area contributed by atoms with Crippen molar-refractivity contribution in [3.63, 3.8) is 0 Å². The van der Waals surface area contributed by atoms with Crippen LogP contribution in [0.5, 0.6) is 0 Å². The van der Waals surface area contributed by atoms with E-state index >= 15 is 0 Å². The highest BCUT2D eigenvalue weighted by Crippen LogP contribution is 2.29. The monoisotopic (exact) mass is 270 g/mol. The molecule has 0 saturated carbocycles. The van der Waals surface area contributed by atoms with Crippen LogP contribution in [0.3, 0.4) is 0 Å². The smallest absolute Gasteiger partial charge is 0.220 e. The van der Waals surface area contributed by atoms with Crippen molar-refractivity contribution in [2.75, 3.05) is 19.6 Å². The van der Waals surface area contributed by atoms with Crippen molar-refractivity contribution in [1.82, 2.24) is 9.80 Å². The van der Waals surface area contributed by atoms with Crippen molar-refractivity contribution < 1.29 is 4.79 Å². The molecular weight excluding hydrogens is 248 g/mol. The van der Waals surface area contributed by atoms with Gasteiger partial charge in [0.2, 0.25) is 5.91 Å². The maximum Gasteiger partial charge on any atom is 0.220 e. The first-order chi connectivity index (χ1) is 9.74. The first kappa shape index (κ1) is 13.4. The van der Waals surface area contributed by atoms with E-state index in [0.29, 0.717) is 12.1 Å². The SMILES string of the molecule is CC(=O)N1C2CCC1CN(CC=Cc1ccccc1)C2. The number of hydrogen-bond donors (Lipinski definition) is 0. The molecule has 1 aromatic rings. The summed E-state index contributed by atoms with van der Waals surface area (Å²) in [5, 5.41) is 0. The molecule has 0 aliphatic carbocycles. The number of carbonyl (C=O) groups is 1. The van der Waals surface area contributed by atoms with Gasteiger partial charge in [0, 0.05) is 38.6 Å². The standard InChI is InChI=1S/C17H22N2O/c1-14(20)19-16-9-10-17(19)13-18(12-16)11-5-8-15-6-3-2-4-7-15/h2-8,16-17H,9-13H2,1H3. The van der Waals surface area contributed by atoms with Crippen LogP contribution < -0.4 is 0 Å². The van der Waals surface area contributed by atoms with E-state index in [1.54, 1.807) is 6.92 Å². The molecule has 3 nitrogen and oxygen atoms in total. The van der Waals surface area contributed by atoms with Gasteiger partial charge in [0.1, 0.15) is 0 Å². The predicted molar refractivity (Wildman–Crippen MR) is 81.2 cm³/mol. The molecule has 0 N–H and O–H groups in total. The molecular formula is C17H22N2O. The van der Waals surface area contributed by atoms with E-state index in [4.69, 9.17) is 0 Å². The summed E-state index contributed by atoms with van der Waals surface area (Å²) in [5.41, 5.74) is 1.25. The lowest BCUT2D eigenvalue weighted by molar-refractivity contribution is -0.134. The molecule has 2 atom stereocenters. The van der Waals surface area contributed by atoms with Gasteiger partial charge in [-0.2, -0.15) is 0 Å². The Labute approximate surface area is 120 Å². The van der Waals surface area contributed by atoms with E-state index in [0.717, 1.165) is 19.6 Å². The minimum Gasteiger partial charge on any atom is -0.334 e. The lowest BCUT2D eigenvalue weighted by atomic mass is 10.1. The zero-order valence-electron chi connectivity index (χ0n) is 12.0. The highest BCUT2D eigenvalue weighted by Gasteiger charge is 2.40. The van der Waals surface area contributed by atoms with Gasteiger partial charge in [-0.25, -0.2) is 0 Å². The number of likely N-dealkylation sites (tertiary alicyclic amines) is 1. The number of piperazine rings is 1. The Morgan fingerprint density at radius 1 is 1.20 bits per heavy atom. The molecule has 3 heteroatoms. The summed E-state index contributed by atoms with van der Waals surface area (Å²) in [6.45, 7) is 4.73. The molecule has 1 aromatic carbocycles. The number of benzene rings is 1. The van der Waals surface area contributed by atoms with Crippen LogP contribution in [0.1, 0.15) is 25.3 Å². The van der Waals surface area contributed by atoms with E-state index in [1.807, 2.05) is 6.07 Å². The van der Waals surface area contributed by atoms with Crippen LogP contribution in [0, 0.1) is 0 Å². The molecule has 2 fully saturated rings. The van der Waals surface area contributed by atoms with Crippen LogP contribution in [0.25, 0.3) is 6.08 Å². The Hall–Kier alpha value is -1.61. The topological polar surface area (TPSA) is 23.6 Å². The summed E-state index contributed by atoms with van der Waals surface area (Å²) < 4.78 is 0. The summed E-state index contributed by atoms with van der Waals surface area (Å²) in [6.07, 6.45) is 6.75. The average molecular weight is 270 g/mol. The second-order valence-corrected chi connectivity index (χ2v) is 5.84. The van der Waals surface area contributed by atoms with Crippen molar-refractivity contribution >= 4 is 12.0 Å². The average Bonchev–Trinajstić information content (AvgIpc) is 2.72. The fourth-order valence-corrected chi connectivity index (χ4v) is 3.56. The van der Waals surface area contributed by atoms with E-state index < -0.39 is 0 Å². The molecule has 2 heterocycles. The zero-order valence-corrected chi connectivity index (χ0v) is 12.0. The van der Waals surface area contributed by atoms with Gasteiger partial charge in [-0.3, -0.25) is 9.69 Å². The van der Waals surface area contributed by atoms with E-state index in [9.17, 15) is 4.79 Å². The van der Waals surface area contributed by atoms with Gasteiger partial charge in [0.05, 0.1) is 0 Å². The zero-order chi connectivity index (χ0) is 13.9. The highest BCUT2D eigenvalue weighted by molar-refractivity contribution is 5.74. The molecule has 2 unspecified atom stereocenters. The number of fused-ring (bicyclic) bond motifs is 2. The van der Waals surface area contributed by atoms with Gasteiger partial charge in [0.15, 0.2) is 0 Å². The lowest BCUT2D eigenvalue weighted by Gasteiger charge is -2.40. The third-order valence-electron chi connectivity index (χ3n) is 4.39. The maximum atomic E-state index is 11.7. The van der Waals surface area contributed by atoms with Crippen molar-refractivity contribution in [1.29, 1.82) is 0 Å². The fourth-order valence-electron chi connectivity index (χ4n) is 3.56. The first-order valence-electron chi connectivity index (χ1n) is 7.47. The van der Waals surface area contributed by atoms with Crippen LogP contribution in [0.4, 0.5) is 0 Å². The predicted octanol–water partition coefficient (Wildman–Crippen LogP) is 2.39. The molecule has 0 aromatic heterocycles. The second kappa shape index (κ2) is 5.80. The van der Waals surface area contributed by atoms with Crippen LogP contribution >= 0.6 is 0 Å². The normalized spacial score (nSPS) is 26.4. The molecule has 1 amide bonds. The Morgan fingerprint density at radius 3 is 2.45 bits per heavy atom. The van der Waals surface area contributed by atoms with Gasteiger partial charge >= 0.3 is 0 Å². The Morgan fingerprint density at radius 2 is 1.85 bits per heavy atom. The minimum atomic E-state index is 0.247. The van der Waals surface area contributed by atoms with E-state index in [-0.39, 0.29) is 5.91 Å². The fraction of sp³-hybridized carbons (Fsp3) is 0.471. The van der Waals surface area contributed by atoms with E-state index in [2.05, 4.69) is 46.2 Å². The summed E-state index contributed by atoms with van der Waals surface area (Å²) in [7, 11) is 0. The van der Waals surface area contributed by atoms with Gasteiger partial charge in [-0.05, 0) is 18.4 Å². The number of rotatable bonds is 3. The third-order valence-corrected chi connectivity index (χ3v) is 4.39. The molecule has 20 heavy (non-hydrogen) atoms. The molecule has 2 aliphatic heterocycles. The number of nitrogens with zero attached hydrogens (tertiary/aromatic N) is 2. The molecule has 106 valence electrons. The minimum absolute atomic E-state index is 0.247. The van der Waals surface area contributed by atoms with Crippen molar-refractivity contribution in [3.05, 3.63) is 42.0 Å². The number of hydrogen-bond acceptors (Lipinski definition) is 2. The third kappa shape index (κ3) is 2.78. The summed E-state index contributed by atoms with van der Waals surface area (Å²) in [6, 6.07) is 11.3. The van der Waals surface area contributed by atoms with E-state index in [1.165, 1.54) is 18.4 Å². The highest BCUT2D eigenvalue weighted by atomic mass is 16.2. The van der Waals surface area contributed by atoms with Crippen molar-refractivity contribution in [2.45, 2.75) is 31.8 Å². The maximum absolute atomic E-state index is 11.7. The molecule has 3 rings (SSSR count). The number of amides is 1. The summed E-state index contributed by atoms with van der Waals surface area (Å²) in [4.78, 5) is 16.2. The van der Waals surface area contributed by atoms with Crippen molar-refractivity contribution in [3.8, 4) is 0 Å². The first-order valence-corrected chi connectivity index (χ1v) is 7.47. The van der Waals surface area contributed by atoms with Crippen LogP contribution in [0.15, 0.2) is 36.4 Å². The number of carbonyl (C=O) groups excluding carboxylic acids is 1. The van der Waals surface area contributed by atoms with Crippen LogP contribution in [0.2, 0.25) is 0 Å². The second-order valence-electron chi connectivity index (χ2n) is 5.84. The quantitative estimate of drug-likeness (QED) is 0.842. The largest absolute Gasteiger partial charge is 0.334 e. The Kier molecular flexibility index (Phi) is 3.88. The van der Waals surface area contributed by atoms with Gasteiger partial charge in [0.25, 0.3) is 0 Å². The summed E-state index contributed by atoms with van der Waals surface area (Å²) in [5.74, 6) is 0.247. The molecule has 2 saturated heterocycles. The van der Waals surface area contributed by atoms with Gasteiger partial charge in [-0.15, -0.1) is 0 Å². The Balaban J connectivity index is 1.56. The van der Waals surface area contributed by atoms with Gasteiger partial charge in [-0.1, -0.05) is 42.5 Å². The van der Waals surface area contributed by atoms with Gasteiger partial charge < -0.3 is 4.90 Å². The van der Waals surface area contributed by atoms with Crippen molar-refractivity contribution in [2.24, 2.45) is 0 Å². The lowest BCUT2D eigenvalue weighted by Crippen LogP contribution is -2.55. The van der Waals surface area contributed by atoms with Crippen LogP contribution in [-0.4, -0.2) is 47.4 Å². The summed E-state index contributed by atoms with van der Waals surface area (Å²) >= 11 is 0.